The first kappa shape index (κ1) is 24.5. The number of guanidine groups is 1. The number of halogens is 1. The normalized spacial score (nSPS) is 10.7. The summed E-state index contributed by atoms with van der Waals surface area (Å²) in [5, 5.41) is 3.41. The topological polar surface area (TPSA) is 59.0 Å². The zero-order valence-corrected chi connectivity index (χ0v) is 20.4. The average Bonchev–Trinajstić information content (AvgIpc) is 2.79. The van der Waals surface area contributed by atoms with E-state index in [1.54, 1.807) is 20.4 Å². The summed E-state index contributed by atoms with van der Waals surface area (Å²) in [4.78, 5) is 10.8. The number of ether oxygens (including phenoxy) is 2. The maximum Gasteiger partial charge on any atom is 0.193 e. The Kier molecular flexibility index (Phi) is 10.1. The van der Waals surface area contributed by atoms with E-state index in [1.165, 1.54) is 0 Å². The van der Waals surface area contributed by atoms with E-state index in [0.29, 0.717) is 19.7 Å². The zero-order valence-electron chi connectivity index (χ0n) is 18.1. The maximum absolute atomic E-state index is 5.87. The van der Waals surface area contributed by atoms with Gasteiger partial charge in [0.05, 0.1) is 12.8 Å². The molecule has 0 radical (unpaired) electrons. The molecule has 1 N–H and O–H groups in total. The molecule has 0 unspecified atom stereocenters. The van der Waals surface area contributed by atoms with Crippen LogP contribution in [-0.2, 0) is 19.7 Å². The van der Waals surface area contributed by atoms with Crippen LogP contribution in [0.15, 0.2) is 77.9 Å². The van der Waals surface area contributed by atoms with E-state index in [9.17, 15) is 0 Å². The molecule has 0 saturated heterocycles. The van der Waals surface area contributed by atoms with E-state index in [1.807, 2.05) is 61.6 Å². The Balaban J connectivity index is 0.00000341. The molecule has 2 aromatic carbocycles. The quantitative estimate of drug-likeness (QED) is 0.263. The summed E-state index contributed by atoms with van der Waals surface area (Å²) in [6, 6.07) is 21.9. The lowest BCUT2D eigenvalue weighted by Crippen LogP contribution is -2.38. The minimum Gasteiger partial charge on any atom is -0.496 e. The highest BCUT2D eigenvalue weighted by atomic mass is 127. The first-order valence-corrected chi connectivity index (χ1v) is 9.85. The molecular weight excluding hydrogens is 503 g/mol. The van der Waals surface area contributed by atoms with Crippen molar-refractivity contribution in [3.8, 4) is 11.5 Å². The highest BCUT2D eigenvalue weighted by molar-refractivity contribution is 14.0. The minimum absolute atomic E-state index is 0. The standard InChI is InChI=1S/C24H28N4O2.HI/c1-25-24(28(2)17-20-10-4-5-13-23(20)29-3)27-16-19-9-8-12-22(15-19)30-18-21-11-6-7-14-26-21;/h4-15H,16-18H2,1-3H3,(H,25,27);1H. The van der Waals surface area contributed by atoms with Gasteiger partial charge in [0, 0.05) is 38.9 Å². The highest BCUT2D eigenvalue weighted by Gasteiger charge is 2.10. The third-order valence-corrected chi connectivity index (χ3v) is 4.64. The Bertz CT molecular complexity index is 967. The smallest absolute Gasteiger partial charge is 0.193 e. The van der Waals surface area contributed by atoms with Crippen LogP contribution in [0.25, 0.3) is 0 Å². The van der Waals surface area contributed by atoms with Gasteiger partial charge in [-0.05, 0) is 35.9 Å². The molecule has 0 saturated carbocycles. The van der Waals surface area contributed by atoms with E-state index in [2.05, 4.69) is 32.3 Å². The van der Waals surface area contributed by atoms with E-state index in [0.717, 1.165) is 34.3 Å². The molecule has 0 aliphatic carbocycles. The fourth-order valence-electron chi connectivity index (χ4n) is 3.12. The van der Waals surface area contributed by atoms with Crippen LogP contribution in [0.3, 0.4) is 0 Å². The lowest BCUT2D eigenvalue weighted by atomic mass is 10.2. The van der Waals surface area contributed by atoms with Crippen LogP contribution in [0.5, 0.6) is 11.5 Å². The molecule has 1 aromatic heterocycles. The van der Waals surface area contributed by atoms with Crippen molar-refractivity contribution in [2.24, 2.45) is 4.99 Å². The molecular formula is C24H29IN4O2. The lowest BCUT2D eigenvalue weighted by Gasteiger charge is -2.23. The average molecular weight is 532 g/mol. The number of hydrogen-bond acceptors (Lipinski definition) is 4. The molecule has 3 rings (SSSR count). The Morgan fingerprint density at radius 2 is 1.87 bits per heavy atom. The molecule has 0 spiro atoms. The SMILES string of the molecule is CN=C(NCc1cccc(OCc2ccccn2)c1)N(C)Cc1ccccc1OC.I. The molecule has 7 heteroatoms. The van der Waals surface area contributed by atoms with Gasteiger partial charge in [0.1, 0.15) is 18.1 Å². The summed E-state index contributed by atoms with van der Waals surface area (Å²) in [5.41, 5.74) is 3.12. The number of nitrogens with zero attached hydrogens (tertiary/aromatic N) is 3. The molecule has 0 fully saturated rings. The summed E-state index contributed by atoms with van der Waals surface area (Å²) in [5.74, 6) is 2.50. The van der Waals surface area contributed by atoms with Crippen molar-refractivity contribution in [3.05, 3.63) is 89.7 Å². The molecule has 164 valence electrons. The van der Waals surface area contributed by atoms with Crippen LogP contribution < -0.4 is 14.8 Å². The Labute approximate surface area is 201 Å². The van der Waals surface area contributed by atoms with Crippen molar-refractivity contribution < 1.29 is 9.47 Å². The van der Waals surface area contributed by atoms with Crippen molar-refractivity contribution in [2.75, 3.05) is 21.2 Å². The van der Waals surface area contributed by atoms with Gasteiger partial charge >= 0.3 is 0 Å². The summed E-state index contributed by atoms with van der Waals surface area (Å²) in [6.45, 7) is 1.78. The van der Waals surface area contributed by atoms with Gasteiger partial charge in [-0.3, -0.25) is 9.98 Å². The van der Waals surface area contributed by atoms with Crippen LogP contribution in [0.4, 0.5) is 0 Å². The third kappa shape index (κ3) is 7.43. The summed E-state index contributed by atoms with van der Waals surface area (Å²) in [7, 11) is 5.48. The van der Waals surface area contributed by atoms with E-state index in [4.69, 9.17) is 9.47 Å². The maximum atomic E-state index is 5.87. The largest absolute Gasteiger partial charge is 0.496 e. The molecule has 31 heavy (non-hydrogen) atoms. The van der Waals surface area contributed by atoms with Crippen molar-refractivity contribution in [1.29, 1.82) is 0 Å². The van der Waals surface area contributed by atoms with Crippen molar-refractivity contribution in [2.45, 2.75) is 19.7 Å². The van der Waals surface area contributed by atoms with Crippen LogP contribution in [0.2, 0.25) is 0 Å². The Morgan fingerprint density at radius 1 is 1.06 bits per heavy atom. The molecule has 0 aliphatic heterocycles. The van der Waals surface area contributed by atoms with E-state index >= 15 is 0 Å². The zero-order chi connectivity index (χ0) is 21.2. The highest BCUT2D eigenvalue weighted by Crippen LogP contribution is 2.19. The van der Waals surface area contributed by atoms with Gasteiger partial charge in [-0.1, -0.05) is 36.4 Å². The van der Waals surface area contributed by atoms with Crippen LogP contribution in [0.1, 0.15) is 16.8 Å². The number of rotatable bonds is 8. The van der Waals surface area contributed by atoms with Gasteiger partial charge < -0.3 is 19.7 Å². The second kappa shape index (κ2) is 12.8. The number of para-hydroxylation sites is 1. The lowest BCUT2D eigenvalue weighted by molar-refractivity contribution is 0.301. The number of methoxy groups -OCH3 is 1. The summed E-state index contributed by atoms with van der Waals surface area (Å²) < 4.78 is 11.3. The first-order chi connectivity index (χ1) is 14.7. The number of aliphatic imine (C=N–C) groups is 1. The van der Waals surface area contributed by atoms with Gasteiger partial charge in [-0.2, -0.15) is 0 Å². The van der Waals surface area contributed by atoms with Gasteiger partial charge in [0.2, 0.25) is 0 Å². The number of pyridine rings is 1. The summed E-state index contributed by atoms with van der Waals surface area (Å²) in [6.07, 6.45) is 1.77. The van der Waals surface area contributed by atoms with E-state index < -0.39 is 0 Å². The fourth-order valence-corrected chi connectivity index (χ4v) is 3.12. The Hall–Kier alpha value is -2.81. The van der Waals surface area contributed by atoms with Crippen LogP contribution in [0, 0.1) is 0 Å². The number of aromatic nitrogens is 1. The summed E-state index contributed by atoms with van der Waals surface area (Å²) >= 11 is 0. The van der Waals surface area contributed by atoms with Gasteiger partial charge in [0.25, 0.3) is 0 Å². The van der Waals surface area contributed by atoms with Crippen molar-refractivity contribution in [1.82, 2.24) is 15.2 Å². The second-order valence-electron chi connectivity index (χ2n) is 6.83. The van der Waals surface area contributed by atoms with Crippen molar-refractivity contribution in [3.63, 3.8) is 0 Å². The van der Waals surface area contributed by atoms with Gasteiger partial charge in [-0.15, -0.1) is 24.0 Å². The number of hydrogen-bond donors (Lipinski definition) is 1. The first-order valence-electron chi connectivity index (χ1n) is 9.85. The molecule has 3 aromatic rings. The van der Waals surface area contributed by atoms with Gasteiger partial charge in [-0.25, -0.2) is 0 Å². The molecule has 6 nitrogen and oxygen atoms in total. The minimum atomic E-state index is 0. The predicted octanol–water partition coefficient (Wildman–Crippen LogP) is 4.49. The molecule has 1 heterocycles. The predicted molar refractivity (Wildman–Crippen MR) is 135 cm³/mol. The monoisotopic (exact) mass is 532 g/mol. The Morgan fingerprint density at radius 3 is 2.61 bits per heavy atom. The third-order valence-electron chi connectivity index (χ3n) is 4.64. The van der Waals surface area contributed by atoms with Crippen molar-refractivity contribution >= 4 is 29.9 Å². The van der Waals surface area contributed by atoms with Crippen LogP contribution >= 0.6 is 24.0 Å². The number of benzene rings is 2. The number of nitrogens with one attached hydrogen (secondary N) is 1. The van der Waals surface area contributed by atoms with Gasteiger partial charge in [0.15, 0.2) is 5.96 Å². The van der Waals surface area contributed by atoms with Crippen LogP contribution in [-0.4, -0.2) is 37.0 Å². The molecule has 0 atom stereocenters. The second-order valence-corrected chi connectivity index (χ2v) is 6.83. The molecule has 0 amide bonds. The molecule has 0 bridgehead atoms. The van der Waals surface area contributed by atoms with E-state index in [-0.39, 0.29) is 24.0 Å². The molecule has 0 aliphatic rings. The fraction of sp³-hybridized carbons (Fsp3) is 0.250.